The lowest BCUT2D eigenvalue weighted by Gasteiger charge is -2.29. The molecule has 0 spiro atoms. The van der Waals surface area contributed by atoms with Gasteiger partial charge in [0.2, 0.25) is 6.79 Å². The molecule has 2 aromatic rings. The minimum Gasteiger partial charge on any atom is -0.507 e. The Bertz CT molecular complexity index is 1030. The SMILES string of the molecule is Cc1ccc(C2/C(=C(/O)c3ccc4c(c3)OCO4)C(=O)C(=O)N2C2CCCC2)o1. The molecule has 7 nitrogen and oxygen atoms in total. The molecular weight excluding hydrogens is 374 g/mol. The van der Waals surface area contributed by atoms with Gasteiger partial charge in [0.05, 0.1) is 5.57 Å². The molecule has 7 heteroatoms. The van der Waals surface area contributed by atoms with Crippen LogP contribution in [0.1, 0.15) is 48.8 Å². The second-order valence-corrected chi connectivity index (χ2v) is 7.66. The maximum Gasteiger partial charge on any atom is 0.296 e. The molecule has 1 atom stereocenters. The van der Waals surface area contributed by atoms with Crippen molar-refractivity contribution in [3.8, 4) is 11.5 Å². The summed E-state index contributed by atoms with van der Waals surface area (Å²) in [7, 11) is 0. The highest BCUT2D eigenvalue weighted by Crippen LogP contribution is 2.44. The molecule has 150 valence electrons. The van der Waals surface area contributed by atoms with Crippen LogP contribution in [0, 0.1) is 6.92 Å². The number of amides is 1. The van der Waals surface area contributed by atoms with E-state index in [-0.39, 0.29) is 24.2 Å². The zero-order valence-electron chi connectivity index (χ0n) is 16.0. The molecule has 0 bridgehead atoms. The Kier molecular flexibility index (Phi) is 4.12. The standard InChI is InChI=1S/C22H21NO6/c1-12-6-8-16(29-12)19-18(21(25)22(26)23(19)14-4-2-3-5-14)20(24)13-7-9-15-17(10-13)28-11-27-15/h6-10,14,19,24H,2-5,11H2,1H3/b20-18-. The van der Waals surface area contributed by atoms with Gasteiger partial charge in [0.15, 0.2) is 11.5 Å². The minimum absolute atomic E-state index is 0.0380. The quantitative estimate of drug-likeness (QED) is 0.484. The Morgan fingerprint density at radius 3 is 2.55 bits per heavy atom. The number of furan rings is 1. The number of carbonyl (C=O) groups is 2. The van der Waals surface area contributed by atoms with E-state index in [0.717, 1.165) is 25.7 Å². The van der Waals surface area contributed by atoms with Crippen LogP contribution in [-0.4, -0.2) is 34.5 Å². The largest absolute Gasteiger partial charge is 0.507 e. The van der Waals surface area contributed by atoms with Crippen molar-refractivity contribution in [2.45, 2.75) is 44.7 Å². The summed E-state index contributed by atoms with van der Waals surface area (Å²) in [5.74, 6) is 0.720. The molecule has 1 amide bonds. The van der Waals surface area contributed by atoms with Crippen molar-refractivity contribution in [3.63, 3.8) is 0 Å². The first-order valence-electron chi connectivity index (χ1n) is 9.81. The highest BCUT2D eigenvalue weighted by molar-refractivity contribution is 6.46. The van der Waals surface area contributed by atoms with Gasteiger partial charge in [0.1, 0.15) is 23.3 Å². The number of Topliss-reactive ketones (excluding diaryl/α,β-unsaturated/α-hetero) is 1. The van der Waals surface area contributed by atoms with Crippen LogP contribution in [0.4, 0.5) is 0 Å². The summed E-state index contributed by atoms with van der Waals surface area (Å²) in [6.45, 7) is 1.92. The summed E-state index contributed by atoms with van der Waals surface area (Å²) in [5.41, 5.74) is 0.446. The molecule has 3 aliphatic rings. The lowest BCUT2D eigenvalue weighted by molar-refractivity contribution is -0.141. The van der Waals surface area contributed by atoms with Crippen LogP contribution in [0.25, 0.3) is 5.76 Å². The maximum atomic E-state index is 13.0. The average Bonchev–Trinajstić information content (AvgIpc) is 3.49. The number of fused-ring (bicyclic) bond motifs is 1. The van der Waals surface area contributed by atoms with Crippen LogP contribution < -0.4 is 9.47 Å². The minimum atomic E-state index is -0.739. The highest BCUT2D eigenvalue weighted by atomic mass is 16.7. The van der Waals surface area contributed by atoms with E-state index in [2.05, 4.69) is 0 Å². The molecule has 1 aromatic carbocycles. The van der Waals surface area contributed by atoms with E-state index in [1.165, 1.54) is 0 Å². The molecule has 1 aliphatic carbocycles. The molecule has 1 aromatic heterocycles. The van der Waals surface area contributed by atoms with Crippen LogP contribution in [0.2, 0.25) is 0 Å². The smallest absolute Gasteiger partial charge is 0.296 e. The first kappa shape index (κ1) is 17.8. The number of benzene rings is 1. The zero-order chi connectivity index (χ0) is 20.1. The fourth-order valence-corrected chi connectivity index (χ4v) is 4.49. The number of hydrogen-bond acceptors (Lipinski definition) is 6. The van der Waals surface area contributed by atoms with Crippen molar-refractivity contribution >= 4 is 17.4 Å². The van der Waals surface area contributed by atoms with Crippen LogP contribution in [0.15, 0.2) is 40.3 Å². The Balaban J connectivity index is 1.65. The number of nitrogens with zero attached hydrogens (tertiary/aromatic N) is 1. The van der Waals surface area contributed by atoms with Crippen molar-refractivity contribution < 1.29 is 28.6 Å². The van der Waals surface area contributed by atoms with Gasteiger partial charge in [-0.3, -0.25) is 9.59 Å². The molecule has 29 heavy (non-hydrogen) atoms. The van der Waals surface area contributed by atoms with E-state index in [1.807, 2.05) is 6.92 Å². The second kappa shape index (κ2) is 6.69. The van der Waals surface area contributed by atoms with Crippen molar-refractivity contribution in [3.05, 3.63) is 53.0 Å². The lowest BCUT2D eigenvalue weighted by Crippen LogP contribution is -2.37. The van der Waals surface area contributed by atoms with Crippen molar-refractivity contribution in [2.75, 3.05) is 6.79 Å². The molecule has 1 unspecified atom stereocenters. The molecule has 3 heterocycles. The molecule has 0 radical (unpaired) electrons. The van der Waals surface area contributed by atoms with Gasteiger partial charge in [-0.1, -0.05) is 12.8 Å². The van der Waals surface area contributed by atoms with E-state index in [0.29, 0.717) is 28.6 Å². The van der Waals surface area contributed by atoms with Crippen LogP contribution >= 0.6 is 0 Å². The van der Waals surface area contributed by atoms with Gasteiger partial charge in [0, 0.05) is 11.6 Å². The van der Waals surface area contributed by atoms with E-state index >= 15 is 0 Å². The van der Waals surface area contributed by atoms with Gasteiger partial charge in [-0.25, -0.2) is 0 Å². The predicted octanol–water partition coefficient (Wildman–Crippen LogP) is 3.68. The zero-order valence-corrected chi connectivity index (χ0v) is 16.0. The number of hydrogen-bond donors (Lipinski definition) is 1. The molecule has 5 rings (SSSR count). The molecule has 2 aliphatic heterocycles. The third kappa shape index (κ3) is 2.80. The summed E-state index contributed by atoms with van der Waals surface area (Å²) in [6.07, 6.45) is 3.71. The van der Waals surface area contributed by atoms with Crippen molar-refractivity contribution in [2.24, 2.45) is 0 Å². The van der Waals surface area contributed by atoms with Crippen LogP contribution in [-0.2, 0) is 9.59 Å². The normalized spacial score (nSPS) is 23.3. The van der Waals surface area contributed by atoms with Crippen molar-refractivity contribution in [1.82, 2.24) is 4.90 Å². The van der Waals surface area contributed by atoms with Crippen LogP contribution in [0.5, 0.6) is 11.5 Å². The Morgan fingerprint density at radius 2 is 1.83 bits per heavy atom. The van der Waals surface area contributed by atoms with Crippen LogP contribution in [0.3, 0.4) is 0 Å². The number of aryl methyl sites for hydroxylation is 1. The number of ether oxygens (including phenoxy) is 2. The van der Waals surface area contributed by atoms with Gasteiger partial charge in [-0.05, 0) is 50.1 Å². The molecule has 1 saturated carbocycles. The van der Waals surface area contributed by atoms with Gasteiger partial charge in [-0.2, -0.15) is 0 Å². The Hall–Kier alpha value is -3.22. The number of likely N-dealkylation sites (tertiary alicyclic amines) is 1. The molecule has 1 N–H and O–H groups in total. The second-order valence-electron chi connectivity index (χ2n) is 7.66. The summed E-state index contributed by atoms with van der Waals surface area (Å²) in [6, 6.07) is 7.73. The predicted molar refractivity (Wildman–Crippen MR) is 102 cm³/mol. The number of ketones is 1. The fraction of sp³-hybridized carbons (Fsp3) is 0.364. The van der Waals surface area contributed by atoms with Gasteiger partial charge >= 0.3 is 0 Å². The highest BCUT2D eigenvalue weighted by Gasteiger charge is 2.50. The van der Waals surface area contributed by atoms with Gasteiger partial charge in [-0.15, -0.1) is 0 Å². The third-order valence-electron chi connectivity index (χ3n) is 5.87. The van der Waals surface area contributed by atoms with E-state index < -0.39 is 17.7 Å². The summed E-state index contributed by atoms with van der Waals surface area (Å²) in [5, 5.41) is 11.1. The molecular formula is C22H21NO6. The number of aliphatic hydroxyl groups is 1. The molecule has 2 fully saturated rings. The maximum absolute atomic E-state index is 13.0. The average molecular weight is 395 g/mol. The van der Waals surface area contributed by atoms with Gasteiger partial charge in [0.25, 0.3) is 11.7 Å². The van der Waals surface area contributed by atoms with Crippen molar-refractivity contribution in [1.29, 1.82) is 0 Å². The first-order valence-corrected chi connectivity index (χ1v) is 9.81. The number of rotatable bonds is 3. The summed E-state index contributed by atoms with van der Waals surface area (Å²) >= 11 is 0. The number of carbonyl (C=O) groups excluding carboxylic acids is 2. The first-order chi connectivity index (χ1) is 14.0. The lowest BCUT2D eigenvalue weighted by atomic mass is 9.98. The third-order valence-corrected chi connectivity index (χ3v) is 5.87. The topological polar surface area (TPSA) is 89.2 Å². The number of aliphatic hydroxyl groups excluding tert-OH is 1. The van der Waals surface area contributed by atoms with Gasteiger partial charge < -0.3 is 23.9 Å². The Labute approximate surface area is 167 Å². The van der Waals surface area contributed by atoms with E-state index in [1.54, 1.807) is 35.2 Å². The summed E-state index contributed by atoms with van der Waals surface area (Å²) in [4.78, 5) is 27.6. The Morgan fingerprint density at radius 1 is 1.07 bits per heavy atom. The van der Waals surface area contributed by atoms with E-state index in [9.17, 15) is 14.7 Å². The summed E-state index contributed by atoms with van der Waals surface area (Å²) < 4.78 is 16.5. The molecule has 1 saturated heterocycles. The fourth-order valence-electron chi connectivity index (χ4n) is 4.49. The monoisotopic (exact) mass is 395 g/mol. The van der Waals surface area contributed by atoms with E-state index in [4.69, 9.17) is 13.9 Å².